The number of nitrogens with zero attached hydrogens (tertiary/aromatic N) is 1. The van der Waals surface area contributed by atoms with Crippen LogP contribution in [0.15, 0.2) is 6.20 Å². The summed E-state index contributed by atoms with van der Waals surface area (Å²) in [5, 5.41) is 10.2. The Bertz CT molecular complexity index is 344. The lowest BCUT2D eigenvalue weighted by molar-refractivity contribution is 0.164. The number of aliphatic hydroxyl groups is 1. The fraction of sp³-hybridized carbons (Fsp3) is 0.500. The van der Waals surface area contributed by atoms with Crippen LogP contribution in [0.1, 0.15) is 23.8 Å². The molecule has 1 aromatic rings. The first-order chi connectivity index (χ1) is 7.11. The molecule has 3 N–H and O–H groups in total. The van der Waals surface area contributed by atoms with E-state index in [-0.39, 0.29) is 0 Å². The predicted octanol–water partition coefficient (Wildman–Crippen LogP) is 1.43. The molecule has 0 saturated carbocycles. The topological polar surface area (TPSA) is 68.4 Å². The molecule has 4 nitrogen and oxygen atoms in total. The highest BCUT2D eigenvalue weighted by Gasteiger charge is 2.16. The van der Waals surface area contributed by atoms with Crippen LogP contribution in [0.25, 0.3) is 0 Å². The SMILES string of the molecule is COc1c(Cl)cnc(C(O)CCN)c1C. The summed E-state index contributed by atoms with van der Waals surface area (Å²) in [5.41, 5.74) is 6.70. The average molecular weight is 231 g/mol. The van der Waals surface area contributed by atoms with Crippen LogP contribution in [0.5, 0.6) is 5.75 Å². The van der Waals surface area contributed by atoms with Gasteiger partial charge in [-0.15, -0.1) is 0 Å². The summed E-state index contributed by atoms with van der Waals surface area (Å²) >= 11 is 5.89. The molecule has 1 atom stereocenters. The third-order valence-electron chi connectivity index (χ3n) is 2.22. The number of hydrogen-bond donors (Lipinski definition) is 2. The molecule has 0 aliphatic carbocycles. The van der Waals surface area contributed by atoms with Gasteiger partial charge in [-0.1, -0.05) is 11.6 Å². The second-order valence-electron chi connectivity index (χ2n) is 3.24. The fourth-order valence-corrected chi connectivity index (χ4v) is 1.73. The minimum absolute atomic E-state index is 0.410. The molecule has 0 spiro atoms. The van der Waals surface area contributed by atoms with Crippen LogP contribution in [0, 0.1) is 6.92 Å². The zero-order chi connectivity index (χ0) is 11.4. The Morgan fingerprint density at radius 2 is 2.33 bits per heavy atom. The first-order valence-electron chi connectivity index (χ1n) is 4.69. The summed E-state index contributed by atoms with van der Waals surface area (Å²) in [5.74, 6) is 0.553. The van der Waals surface area contributed by atoms with Crippen molar-refractivity contribution in [1.29, 1.82) is 0 Å². The molecule has 0 bridgehead atoms. The zero-order valence-corrected chi connectivity index (χ0v) is 9.58. The minimum Gasteiger partial charge on any atom is -0.495 e. The zero-order valence-electron chi connectivity index (χ0n) is 8.83. The van der Waals surface area contributed by atoms with E-state index in [1.165, 1.54) is 13.3 Å². The Morgan fingerprint density at radius 1 is 1.67 bits per heavy atom. The van der Waals surface area contributed by atoms with Gasteiger partial charge in [0.2, 0.25) is 0 Å². The minimum atomic E-state index is -0.666. The third-order valence-corrected chi connectivity index (χ3v) is 2.49. The molecule has 84 valence electrons. The van der Waals surface area contributed by atoms with Gasteiger partial charge in [-0.05, 0) is 19.9 Å². The molecule has 0 aromatic carbocycles. The van der Waals surface area contributed by atoms with Crippen molar-refractivity contribution in [1.82, 2.24) is 4.98 Å². The van der Waals surface area contributed by atoms with Gasteiger partial charge < -0.3 is 15.6 Å². The lowest BCUT2D eigenvalue weighted by atomic mass is 10.1. The first-order valence-corrected chi connectivity index (χ1v) is 5.06. The summed E-state index contributed by atoms with van der Waals surface area (Å²) in [7, 11) is 1.54. The van der Waals surface area contributed by atoms with Gasteiger partial charge in [0.05, 0.1) is 18.9 Å². The van der Waals surface area contributed by atoms with Crippen molar-refractivity contribution in [2.75, 3.05) is 13.7 Å². The molecule has 1 unspecified atom stereocenters. The van der Waals surface area contributed by atoms with Gasteiger partial charge in [0, 0.05) is 11.8 Å². The van der Waals surface area contributed by atoms with E-state index in [1.807, 2.05) is 6.92 Å². The van der Waals surface area contributed by atoms with E-state index in [1.54, 1.807) is 0 Å². The second-order valence-corrected chi connectivity index (χ2v) is 3.65. The maximum Gasteiger partial charge on any atom is 0.143 e. The third kappa shape index (κ3) is 2.59. The van der Waals surface area contributed by atoms with Crippen molar-refractivity contribution in [3.05, 3.63) is 22.5 Å². The molecule has 5 heteroatoms. The number of pyridine rings is 1. The van der Waals surface area contributed by atoms with Crippen molar-refractivity contribution in [2.24, 2.45) is 5.73 Å². The molecule has 0 radical (unpaired) electrons. The van der Waals surface area contributed by atoms with Gasteiger partial charge in [-0.25, -0.2) is 0 Å². The largest absolute Gasteiger partial charge is 0.495 e. The Labute approximate surface area is 94.0 Å². The molecular weight excluding hydrogens is 216 g/mol. The van der Waals surface area contributed by atoms with Gasteiger partial charge in [0.25, 0.3) is 0 Å². The van der Waals surface area contributed by atoms with Crippen LogP contribution in [-0.2, 0) is 0 Å². The number of halogens is 1. The standard InChI is InChI=1S/C10H15ClN2O2/c1-6-9(8(14)3-4-12)13-5-7(11)10(6)15-2/h5,8,14H,3-4,12H2,1-2H3. The maximum atomic E-state index is 9.77. The first kappa shape index (κ1) is 12.2. The number of aliphatic hydroxyl groups excluding tert-OH is 1. The lowest BCUT2D eigenvalue weighted by Crippen LogP contribution is -2.10. The Balaban J connectivity index is 3.09. The quantitative estimate of drug-likeness (QED) is 0.821. The van der Waals surface area contributed by atoms with Gasteiger partial charge in [0.15, 0.2) is 0 Å². The molecule has 1 rings (SSSR count). The molecule has 1 aromatic heterocycles. The highest BCUT2D eigenvalue weighted by molar-refractivity contribution is 6.32. The number of ether oxygens (including phenoxy) is 1. The van der Waals surface area contributed by atoms with Gasteiger partial charge in [-0.2, -0.15) is 0 Å². The van der Waals surface area contributed by atoms with Crippen molar-refractivity contribution in [3.63, 3.8) is 0 Å². The van der Waals surface area contributed by atoms with E-state index in [0.29, 0.717) is 29.4 Å². The highest BCUT2D eigenvalue weighted by atomic mass is 35.5. The molecule has 15 heavy (non-hydrogen) atoms. The van der Waals surface area contributed by atoms with E-state index < -0.39 is 6.10 Å². The summed E-state index contributed by atoms with van der Waals surface area (Å²) in [6, 6.07) is 0. The van der Waals surface area contributed by atoms with E-state index >= 15 is 0 Å². The average Bonchev–Trinajstić information content (AvgIpc) is 2.18. The van der Waals surface area contributed by atoms with E-state index in [9.17, 15) is 5.11 Å². The second kappa shape index (κ2) is 5.30. The highest BCUT2D eigenvalue weighted by Crippen LogP contribution is 2.31. The Kier molecular flexibility index (Phi) is 4.32. The molecule has 0 aliphatic heterocycles. The molecular formula is C10H15ClN2O2. The van der Waals surface area contributed by atoms with Crippen LogP contribution < -0.4 is 10.5 Å². The van der Waals surface area contributed by atoms with Crippen LogP contribution in [0.4, 0.5) is 0 Å². The molecule has 0 fully saturated rings. The molecule has 0 saturated heterocycles. The monoisotopic (exact) mass is 230 g/mol. The lowest BCUT2D eigenvalue weighted by Gasteiger charge is -2.14. The van der Waals surface area contributed by atoms with Crippen molar-refractivity contribution >= 4 is 11.6 Å². The van der Waals surface area contributed by atoms with Crippen molar-refractivity contribution in [3.8, 4) is 5.75 Å². The maximum absolute atomic E-state index is 9.77. The van der Waals surface area contributed by atoms with Crippen LogP contribution in [-0.4, -0.2) is 23.7 Å². The summed E-state index contributed by atoms with van der Waals surface area (Å²) in [6.45, 7) is 2.22. The number of nitrogens with two attached hydrogens (primary N) is 1. The Morgan fingerprint density at radius 3 is 2.87 bits per heavy atom. The normalized spacial score (nSPS) is 12.6. The van der Waals surface area contributed by atoms with E-state index in [2.05, 4.69) is 4.98 Å². The number of hydrogen-bond acceptors (Lipinski definition) is 4. The van der Waals surface area contributed by atoms with Gasteiger partial charge >= 0.3 is 0 Å². The van der Waals surface area contributed by atoms with Crippen LogP contribution in [0.3, 0.4) is 0 Å². The van der Waals surface area contributed by atoms with Crippen LogP contribution in [0.2, 0.25) is 5.02 Å². The fourth-order valence-electron chi connectivity index (χ4n) is 1.46. The number of aromatic nitrogens is 1. The van der Waals surface area contributed by atoms with Crippen molar-refractivity contribution in [2.45, 2.75) is 19.4 Å². The van der Waals surface area contributed by atoms with Gasteiger partial charge in [-0.3, -0.25) is 4.98 Å². The van der Waals surface area contributed by atoms with Crippen LogP contribution >= 0.6 is 11.6 Å². The molecule has 0 aliphatic rings. The Hall–Kier alpha value is -0.840. The van der Waals surface area contributed by atoms with Gasteiger partial charge in [0.1, 0.15) is 10.8 Å². The molecule has 0 amide bonds. The summed E-state index contributed by atoms with van der Waals surface area (Å²) in [6.07, 6.45) is 1.28. The number of methoxy groups -OCH3 is 1. The predicted molar refractivity (Wildman–Crippen MR) is 59.2 cm³/mol. The van der Waals surface area contributed by atoms with E-state index in [0.717, 1.165) is 5.56 Å². The smallest absolute Gasteiger partial charge is 0.143 e. The summed E-state index contributed by atoms with van der Waals surface area (Å²) in [4.78, 5) is 4.09. The van der Waals surface area contributed by atoms with Crippen molar-refractivity contribution < 1.29 is 9.84 Å². The molecule has 1 heterocycles. The van der Waals surface area contributed by atoms with E-state index in [4.69, 9.17) is 22.1 Å². The summed E-state index contributed by atoms with van der Waals surface area (Å²) < 4.78 is 5.13. The number of rotatable bonds is 4.